The molecule has 0 aliphatic carbocycles. The van der Waals surface area contributed by atoms with E-state index >= 15 is 0 Å². The fourth-order valence-corrected chi connectivity index (χ4v) is 1.43. The molecular weight excluding hydrogens is 198 g/mol. The third kappa shape index (κ3) is 3.27. The number of aliphatic hydroxyl groups excluding tert-OH is 1. The van der Waals surface area contributed by atoms with Crippen LogP contribution in [0.15, 0.2) is 30.3 Å². The first-order valence-electron chi connectivity index (χ1n) is 5.18. The summed E-state index contributed by atoms with van der Waals surface area (Å²) in [6.07, 6.45) is -0.821. The summed E-state index contributed by atoms with van der Waals surface area (Å²) in [5, 5.41) is 9.52. The molecule has 1 rings (SSSR count). The zero-order valence-corrected chi connectivity index (χ0v) is 8.79. The van der Waals surface area contributed by atoms with E-state index in [4.69, 9.17) is 0 Å². The van der Waals surface area contributed by atoms with Crippen LogP contribution in [0.2, 0.25) is 0 Å². The first-order chi connectivity index (χ1) is 7.08. The van der Waals surface area contributed by atoms with Gasteiger partial charge in [-0.25, -0.2) is 8.78 Å². The Morgan fingerprint density at radius 3 is 2.40 bits per heavy atom. The molecule has 1 atom stereocenters. The molecule has 0 spiro atoms. The van der Waals surface area contributed by atoms with E-state index in [-0.39, 0.29) is 12.0 Å². The molecule has 0 fully saturated rings. The number of hydrogen-bond donors (Lipinski definition) is 1. The predicted molar refractivity (Wildman–Crippen MR) is 55.9 cm³/mol. The van der Waals surface area contributed by atoms with E-state index in [1.165, 1.54) is 12.1 Å². The second-order valence-corrected chi connectivity index (χ2v) is 3.68. The lowest BCUT2D eigenvalue weighted by molar-refractivity contribution is -0.116. The highest BCUT2D eigenvalue weighted by Crippen LogP contribution is 2.35. The Morgan fingerprint density at radius 1 is 1.27 bits per heavy atom. The smallest absolute Gasteiger partial charge is 0.277 e. The fraction of sp³-hybridized carbons (Fsp3) is 0.500. The molecule has 0 bridgehead atoms. The SMILES string of the molecule is CCCCC(F)(F)C(O)c1ccccc1. The first kappa shape index (κ1) is 12.1. The summed E-state index contributed by atoms with van der Waals surface area (Å²) in [6.45, 7) is 1.85. The van der Waals surface area contributed by atoms with Crippen LogP contribution in [0.4, 0.5) is 8.78 Å². The number of unbranched alkanes of at least 4 members (excludes halogenated alkanes) is 1. The summed E-state index contributed by atoms with van der Waals surface area (Å²) in [5.74, 6) is -3.03. The van der Waals surface area contributed by atoms with Crippen LogP contribution >= 0.6 is 0 Å². The van der Waals surface area contributed by atoms with Gasteiger partial charge in [0.15, 0.2) is 0 Å². The van der Waals surface area contributed by atoms with Crippen LogP contribution < -0.4 is 0 Å². The van der Waals surface area contributed by atoms with Gasteiger partial charge < -0.3 is 5.11 Å². The van der Waals surface area contributed by atoms with E-state index in [2.05, 4.69) is 0 Å². The van der Waals surface area contributed by atoms with Crippen molar-refractivity contribution in [3.8, 4) is 0 Å². The first-order valence-corrected chi connectivity index (χ1v) is 5.18. The van der Waals surface area contributed by atoms with Gasteiger partial charge in [0.2, 0.25) is 0 Å². The summed E-state index contributed by atoms with van der Waals surface area (Å²) in [7, 11) is 0. The van der Waals surface area contributed by atoms with Crippen molar-refractivity contribution < 1.29 is 13.9 Å². The minimum atomic E-state index is -3.03. The molecule has 1 nitrogen and oxygen atoms in total. The van der Waals surface area contributed by atoms with Gasteiger partial charge in [-0.15, -0.1) is 0 Å². The van der Waals surface area contributed by atoms with Crippen molar-refractivity contribution in [2.75, 3.05) is 0 Å². The Morgan fingerprint density at radius 2 is 1.87 bits per heavy atom. The molecule has 0 aromatic heterocycles. The van der Waals surface area contributed by atoms with Crippen molar-refractivity contribution >= 4 is 0 Å². The molecule has 84 valence electrons. The monoisotopic (exact) mass is 214 g/mol. The summed E-state index contributed by atoms with van der Waals surface area (Å²) < 4.78 is 26.9. The molecule has 0 aliphatic rings. The number of hydrogen-bond acceptors (Lipinski definition) is 1. The molecule has 3 heteroatoms. The van der Waals surface area contributed by atoms with Gasteiger partial charge in [0.25, 0.3) is 5.92 Å². The summed E-state index contributed by atoms with van der Waals surface area (Å²) in [6, 6.07) is 8.07. The highest BCUT2D eigenvalue weighted by Gasteiger charge is 2.38. The van der Waals surface area contributed by atoms with Gasteiger partial charge in [0, 0.05) is 6.42 Å². The molecule has 0 heterocycles. The largest absolute Gasteiger partial charge is 0.382 e. The Bertz CT molecular complexity index is 285. The maximum Gasteiger partial charge on any atom is 0.277 e. The molecular formula is C12H16F2O. The highest BCUT2D eigenvalue weighted by atomic mass is 19.3. The number of rotatable bonds is 5. The van der Waals surface area contributed by atoms with E-state index in [9.17, 15) is 13.9 Å². The summed E-state index contributed by atoms with van der Waals surface area (Å²) >= 11 is 0. The van der Waals surface area contributed by atoms with Crippen LogP contribution in [0.3, 0.4) is 0 Å². The van der Waals surface area contributed by atoms with Crippen molar-refractivity contribution in [3.63, 3.8) is 0 Å². The Hall–Kier alpha value is -0.960. The quantitative estimate of drug-likeness (QED) is 0.794. The molecule has 0 amide bonds. The lowest BCUT2D eigenvalue weighted by Crippen LogP contribution is -2.26. The molecule has 1 aromatic rings. The molecule has 0 radical (unpaired) electrons. The zero-order valence-electron chi connectivity index (χ0n) is 8.79. The molecule has 1 unspecified atom stereocenters. The molecule has 1 N–H and O–H groups in total. The van der Waals surface area contributed by atoms with E-state index in [1.807, 2.05) is 6.92 Å². The van der Waals surface area contributed by atoms with Crippen LogP contribution in [0, 0.1) is 0 Å². The lowest BCUT2D eigenvalue weighted by Gasteiger charge is -2.22. The van der Waals surface area contributed by atoms with E-state index in [0.717, 1.165) is 0 Å². The van der Waals surface area contributed by atoms with Crippen molar-refractivity contribution in [1.29, 1.82) is 0 Å². The van der Waals surface area contributed by atoms with Gasteiger partial charge in [-0.2, -0.15) is 0 Å². The topological polar surface area (TPSA) is 20.2 Å². The van der Waals surface area contributed by atoms with E-state index < -0.39 is 12.0 Å². The number of alkyl halides is 2. The van der Waals surface area contributed by atoms with Gasteiger partial charge >= 0.3 is 0 Å². The normalized spacial score (nSPS) is 13.9. The molecule has 0 saturated carbocycles. The average molecular weight is 214 g/mol. The highest BCUT2D eigenvalue weighted by molar-refractivity contribution is 5.19. The molecule has 0 aliphatic heterocycles. The minimum absolute atomic E-state index is 0.264. The number of halogens is 2. The van der Waals surface area contributed by atoms with Crippen LogP contribution in [-0.2, 0) is 0 Å². The van der Waals surface area contributed by atoms with Gasteiger partial charge in [0.1, 0.15) is 6.10 Å². The van der Waals surface area contributed by atoms with Gasteiger partial charge in [0.05, 0.1) is 0 Å². The van der Waals surface area contributed by atoms with Crippen molar-refractivity contribution in [1.82, 2.24) is 0 Å². The third-order valence-electron chi connectivity index (χ3n) is 2.38. The Kier molecular flexibility index (Phi) is 4.21. The standard InChI is InChI=1S/C12H16F2O/c1-2-3-9-12(13,14)11(15)10-7-5-4-6-8-10/h4-8,11,15H,2-3,9H2,1H3. The van der Waals surface area contributed by atoms with E-state index in [0.29, 0.717) is 12.8 Å². The van der Waals surface area contributed by atoms with E-state index in [1.54, 1.807) is 18.2 Å². The fourth-order valence-electron chi connectivity index (χ4n) is 1.43. The Balaban J connectivity index is 2.70. The van der Waals surface area contributed by atoms with Crippen molar-refractivity contribution in [3.05, 3.63) is 35.9 Å². The van der Waals surface area contributed by atoms with Crippen LogP contribution in [-0.4, -0.2) is 11.0 Å². The maximum absolute atomic E-state index is 13.4. The molecule has 1 aromatic carbocycles. The van der Waals surface area contributed by atoms with Crippen molar-refractivity contribution in [2.45, 2.75) is 38.2 Å². The zero-order chi connectivity index (χ0) is 11.3. The van der Waals surface area contributed by atoms with Gasteiger partial charge in [-0.05, 0) is 12.0 Å². The third-order valence-corrected chi connectivity index (χ3v) is 2.38. The lowest BCUT2D eigenvalue weighted by atomic mass is 9.99. The van der Waals surface area contributed by atoms with Crippen LogP contribution in [0.1, 0.15) is 37.9 Å². The molecule has 15 heavy (non-hydrogen) atoms. The van der Waals surface area contributed by atoms with Gasteiger partial charge in [-0.1, -0.05) is 43.7 Å². The second-order valence-electron chi connectivity index (χ2n) is 3.68. The van der Waals surface area contributed by atoms with Crippen LogP contribution in [0.5, 0.6) is 0 Å². The van der Waals surface area contributed by atoms with Gasteiger partial charge in [-0.3, -0.25) is 0 Å². The molecule has 0 saturated heterocycles. The van der Waals surface area contributed by atoms with Crippen LogP contribution in [0.25, 0.3) is 0 Å². The average Bonchev–Trinajstić information content (AvgIpc) is 2.26. The maximum atomic E-state index is 13.4. The van der Waals surface area contributed by atoms with Crippen molar-refractivity contribution in [2.24, 2.45) is 0 Å². The Labute approximate surface area is 88.7 Å². The second kappa shape index (κ2) is 5.21. The predicted octanol–water partition coefficient (Wildman–Crippen LogP) is 3.55. The number of aliphatic hydroxyl groups is 1. The number of benzene rings is 1. The summed E-state index contributed by atoms with van der Waals surface area (Å²) in [5.41, 5.74) is 0.276. The minimum Gasteiger partial charge on any atom is -0.382 e. The summed E-state index contributed by atoms with van der Waals surface area (Å²) in [4.78, 5) is 0.